The highest BCUT2D eigenvalue weighted by atomic mass is 16.3. The number of phenols is 2. The lowest BCUT2D eigenvalue weighted by molar-refractivity contribution is 0.324. The van der Waals surface area contributed by atoms with Gasteiger partial charge in [0.2, 0.25) is 0 Å². The van der Waals surface area contributed by atoms with E-state index in [1.165, 1.54) is 11.1 Å². The van der Waals surface area contributed by atoms with Crippen LogP contribution in [0.3, 0.4) is 0 Å². The topological polar surface area (TPSA) is 40.5 Å². The maximum atomic E-state index is 9.55. The van der Waals surface area contributed by atoms with Gasteiger partial charge in [0.25, 0.3) is 0 Å². The van der Waals surface area contributed by atoms with Gasteiger partial charge in [0.1, 0.15) is 11.5 Å². The van der Waals surface area contributed by atoms with Gasteiger partial charge in [0.15, 0.2) is 0 Å². The first-order chi connectivity index (χ1) is 10.0. The molecule has 0 aromatic heterocycles. The van der Waals surface area contributed by atoms with Crippen molar-refractivity contribution in [3.8, 4) is 11.5 Å². The van der Waals surface area contributed by atoms with Gasteiger partial charge in [0, 0.05) is 5.41 Å². The molecular formula is C19H24O2. The van der Waals surface area contributed by atoms with Crippen molar-refractivity contribution in [3.05, 3.63) is 59.7 Å². The van der Waals surface area contributed by atoms with Crippen LogP contribution in [-0.2, 0) is 5.41 Å². The van der Waals surface area contributed by atoms with Crippen LogP contribution in [0, 0.1) is 5.92 Å². The number of hydrogen-bond acceptors (Lipinski definition) is 2. The molecule has 0 fully saturated rings. The Bertz CT molecular complexity index is 520. The molecular weight excluding hydrogens is 260 g/mol. The minimum absolute atomic E-state index is 0.134. The summed E-state index contributed by atoms with van der Waals surface area (Å²) in [5.41, 5.74) is 2.25. The van der Waals surface area contributed by atoms with Gasteiger partial charge in [-0.3, -0.25) is 0 Å². The molecule has 0 aliphatic carbocycles. The summed E-state index contributed by atoms with van der Waals surface area (Å²) < 4.78 is 0. The van der Waals surface area contributed by atoms with E-state index in [1.807, 2.05) is 24.3 Å². The fourth-order valence-electron chi connectivity index (χ4n) is 3.36. The van der Waals surface area contributed by atoms with Crippen molar-refractivity contribution in [2.24, 2.45) is 5.92 Å². The largest absolute Gasteiger partial charge is 0.508 e. The molecule has 112 valence electrons. The molecule has 2 N–H and O–H groups in total. The second-order valence-electron chi connectivity index (χ2n) is 5.81. The predicted octanol–water partition coefficient (Wildman–Crippen LogP) is 4.84. The molecule has 0 amide bonds. The molecule has 0 spiro atoms. The molecule has 0 aliphatic heterocycles. The molecule has 0 atom stereocenters. The van der Waals surface area contributed by atoms with E-state index in [-0.39, 0.29) is 16.9 Å². The second-order valence-corrected chi connectivity index (χ2v) is 5.81. The normalized spacial score (nSPS) is 11.8. The molecule has 0 radical (unpaired) electrons. The number of hydrogen-bond donors (Lipinski definition) is 2. The van der Waals surface area contributed by atoms with Crippen molar-refractivity contribution >= 4 is 0 Å². The van der Waals surface area contributed by atoms with E-state index in [2.05, 4.69) is 20.8 Å². The first-order valence-corrected chi connectivity index (χ1v) is 7.61. The quantitative estimate of drug-likeness (QED) is 0.824. The highest BCUT2D eigenvalue weighted by molar-refractivity contribution is 5.43. The van der Waals surface area contributed by atoms with E-state index in [1.54, 1.807) is 24.3 Å². The van der Waals surface area contributed by atoms with Gasteiger partial charge in [-0.05, 0) is 41.3 Å². The first kappa shape index (κ1) is 15.4. The highest BCUT2D eigenvalue weighted by Crippen LogP contribution is 2.42. The fourth-order valence-corrected chi connectivity index (χ4v) is 3.36. The summed E-state index contributed by atoms with van der Waals surface area (Å²) in [5, 5.41) is 19.1. The Morgan fingerprint density at radius 3 is 1.38 bits per heavy atom. The lowest BCUT2D eigenvalue weighted by atomic mass is 9.65. The SMILES string of the molecule is CCC(CC)C(C)(c1ccc(O)cc1)c1ccc(O)cc1. The molecule has 2 nitrogen and oxygen atoms in total. The maximum Gasteiger partial charge on any atom is 0.115 e. The van der Waals surface area contributed by atoms with E-state index in [9.17, 15) is 10.2 Å². The summed E-state index contributed by atoms with van der Waals surface area (Å²) in [4.78, 5) is 0. The van der Waals surface area contributed by atoms with Gasteiger partial charge in [-0.1, -0.05) is 57.9 Å². The van der Waals surface area contributed by atoms with Crippen molar-refractivity contribution < 1.29 is 10.2 Å². The smallest absolute Gasteiger partial charge is 0.115 e. The fraction of sp³-hybridized carbons (Fsp3) is 0.368. The van der Waals surface area contributed by atoms with Crippen molar-refractivity contribution in [1.82, 2.24) is 0 Å². The van der Waals surface area contributed by atoms with Gasteiger partial charge in [0.05, 0.1) is 0 Å². The first-order valence-electron chi connectivity index (χ1n) is 7.61. The zero-order valence-corrected chi connectivity index (χ0v) is 13.0. The number of aromatic hydroxyl groups is 2. The van der Waals surface area contributed by atoms with Crippen LogP contribution in [0.4, 0.5) is 0 Å². The van der Waals surface area contributed by atoms with Crippen LogP contribution >= 0.6 is 0 Å². The molecule has 0 heterocycles. The molecule has 0 unspecified atom stereocenters. The van der Waals surface area contributed by atoms with Crippen LogP contribution < -0.4 is 0 Å². The summed E-state index contributed by atoms with van der Waals surface area (Å²) in [6, 6.07) is 15.0. The van der Waals surface area contributed by atoms with Crippen molar-refractivity contribution in [3.63, 3.8) is 0 Å². The van der Waals surface area contributed by atoms with Gasteiger partial charge < -0.3 is 10.2 Å². The summed E-state index contributed by atoms with van der Waals surface area (Å²) in [6.07, 6.45) is 2.16. The minimum atomic E-state index is -0.134. The van der Waals surface area contributed by atoms with E-state index >= 15 is 0 Å². The zero-order chi connectivity index (χ0) is 15.5. The number of phenolic OH excluding ortho intramolecular Hbond substituents is 2. The monoisotopic (exact) mass is 284 g/mol. The Hall–Kier alpha value is -1.96. The van der Waals surface area contributed by atoms with Crippen molar-refractivity contribution in [1.29, 1.82) is 0 Å². The second kappa shape index (κ2) is 6.21. The molecule has 0 bridgehead atoms. The predicted molar refractivity (Wildman–Crippen MR) is 86.7 cm³/mol. The third kappa shape index (κ3) is 2.90. The summed E-state index contributed by atoms with van der Waals surface area (Å²) in [5.74, 6) is 1.07. The molecule has 21 heavy (non-hydrogen) atoms. The Balaban J connectivity index is 2.58. The third-order valence-electron chi connectivity index (χ3n) is 4.74. The van der Waals surface area contributed by atoms with Crippen molar-refractivity contribution in [2.75, 3.05) is 0 Å². The van der Waals surface area contributed by atoms with E-state index in [4.69, 9.17) is 0 Å². The molecule has 2 aromatic rings. The van der Waals surface area contributed by atoms with Gasteiger partial charge in [-0.2, -0.15) is 0 Å². The highest BCUT2D eigenvalue weighted by Gasteiger charge is 2.35. The van der Waals surface area contributed by atoms with Crippen LogP contribution in [0.5, 0.6) is 11.5 Å². The Morgan fingerprint density at radius 1 is 0.762 bits per heavy atom. The standard InChI is InChI=1S/C19H24O2/c1-4-14(5-2)19(3,15-6-10-17(20)11-7-15)16-8-12-18(21)13-9-16/h6-14,20-21H,4-5H2,1-3H3. The number of benzene rings is 2. The minimum Gasteiger partial charge on any atom is -0.508 e. The molecule has 0 aliphatic rings. The van der Waals surface area contributed by atoms with E-state index < -0.39 is 0 Å². The zero-order valence-electron chi connectivity index (χ0n) is 13.0. The lowest BCUT2D eigenvalue weighted by Crippen LogP contribution is -2.32. The average Bonchev–Trinajstić information content (AvgIpc) is 2.49. The molecule has 2 rings (SSSR count). The number of rotatable bonds is 5. The van der Waals surface area contributed by atoms with Gasteiger partial charge in [-0.25, -0.2) is 0 Å². The molecule has 2 aromatic carbocycles. The molecule has 0 saturated carbocycles. The van der Waals surface area contributed by atoms with Crippen molar-refractivity contribution in [2.45, 2.75) is 39.0 Å². The summed E-state index contributed by atoms with van der Waals surface area (Å²) in [6.45, 7) is 6.68. The Labute approximate surface area is 127 Å². The van der Waals surface area contributed by atoms with Crippen LogP contribution in [0.25, 0.3) is 0 Å². The summed E-state index contributed by atoms with van der Waals surface area (Å²) in [7, 11) is 0. The molecule has 0 saturated heterocycles. The Morgan fingerprint density at radius 2 is 1.10 bits per heavy atom. The van der Waals surface area contributed by atoms with Crippen LogP contribution in [0.15, 0.2) is 48.5 Å². The maximum absolute atomic E-state index is 9.55. The van der Waals surface area contributed by atoms with Crippen LogP contribution in [0.2, 0.25) is 0 Å². The lowest BCUT2D eigenvalue weighted by Gasteiger charge is -2.38. The van der Waals surface area contributed by atoms with E-state index in [0.29, 0.717) is 5.92 Å². The van der Waals surface area contributed by atoms with E-state index in [0.717, 1.165) is 12.8 Å². The summed E-state index contributed by atoms with van der Waals surface area (Å²) >= 11 is 0. The third-order valence-corrected chi connectivity index (χ3v) is 4.74. The molecule has 2 heteroatoms. The average molecular weight is 284 g/mol. The van der Waals surface area contributed by atoms with Gasteiger partial charge >= 0.3 is 0 Å². The van der Waals surface area contributed by atoms with Gasteiger partial charge in [-0.15, -0.1) is 0 Å². The van der Waals surface area contributed by atoms with Crippen LogP contribution in [0.1, 0.15) is 44.7 Å². The van der Waals surface area contributed by atoms with Crippen LogP contribution in [-0.4, -0.2) is 10.2 Å². The Kier molecular flexibility index (Phi) is 4.56.